The molecule has 0 heterocycles. The number of hydrogen-bond acceptors (Lipinski definition) is 0. The van der Waals surface area contributed by atoms with Crippen molar-refractivity contribution in [3.63, 3.8) is 0 Å². The molecular weight excluding hydrogens is 245 g/mol. The van der Waals surface area contributed by atoms with E-state index in [9.17, 15) is 0 Å². The Labute approximate surface area is 92.2 Å². The molecule has 1 aliphatic carbocycles. The molecule has 0 saturated heterocycles. The summed E-state index contributed by atoms with van der Waals surface area (Å²) < 4.78 is 0. The molecule has 0 aliphatic heterocycles. The van der Waals surface area contributed by atoms with Crippen molar-refractivity contribution < 1.29 is 0 Å². The van der Waals surface area contributed by atoms with Gasteiger partial charge in [0.1, 0.15) is 39.0 Å². The smallest absolute Gasteiger partial charge is 0.0619 e. The summed E-state index contributed by atoms with van der Waals surface area (Å²) in [6.45, 7) is 0. The van der Waals surface area contributed by atoms with Crippen LogP contribution in [0.15, 0.2) is 29.6 Å². The van der Waals surface area contributed by atoms with Crippen molar-refractivity contribution in [3.05, 3.63) is 40.7 Å². The van der Waals surface area contributed by atoms with E-state index < -0.39 is 5.32 Å². The Bertz CT molecular complexity index is 365. The van der Waals surface area contributed by atoms with E-state index in [4.69, 9.17) is 33.7 Å². The van der Waals surface area contributed by atoms with Crippen molar-refractivity contribution in [2.45, 2.75) is 6.42 Å². The van der Waals surface area contributed by atoms with Crippen molar-refractivity contribution in [2.75, 3.05) is 0 Å². The van der Waals surface area contributed by atoms with Crippen LogP contribution in [0.3, 0.4) is 0 Å². The normalized spacial score (nSPS) is 15.5. The van der Waals surface area contributed by atoms with Gasteiger partial charge in [0, 0.05) is 6.42 Å². The highest BCUT2D eigenvalue weighted by atomic mass is 36.1. The third kappa shape index (κ3) is 2.02. The lowest BCUT2D eigenvalue weighted by molar-refractivity contribution is 1.29. The SMILES string of the molecule is Cl[P+](Cl)(Cl)C1=Cc2ccccc2C1. The fourth-order valence-corrected chi connectivity index (χ4v) is 3.04. The number of allylic oxidation sites excluding steroid dienone is 1. The maximum Gasteiger partial charge on any atom is 0.335 e. The Kier molecular flexibility index (Phi) is 2.59. The molecule has 0 N–H and O–H groups in total. The Morgan fingerprint density at radius 3 is 2.38 bits per heavy atom. The van der Waals surface area contributed by atoms with Crippen LogP contribution < -0.4 is 0 Å². The van der Waals surface area contributed by atoms with Crippen molar-refractivity contribution in [1.29, 1.82) is 0 Å². The van der Waals surface area contributed by atoms with E-state index in [0.717, 1.165) is 11.7 Å². The average molecular weight is 252 g/mol. The van der Waals surface area contributed by atoms with Gasteiger partial charge in [-0.3, -0.25) is 0 Å². The maximum absolute atomic E-state index is 5.90. The minimum absolute atomic E-state index is 0.792. The van der Waals surface area contributed by atoms with E-state index in [1.165, 1.54) is 11.1 Å². The fraction of sp³-hybridized carbons (Fsp3) is 0.111. The molecule has 0 fully saturated rings. The molecule has 0 aromatic heterocycles. The summed E-state index contributed by atoms with van der Waals surface area (Å²) in [6.07, 6.45) is 2.79. The Morgan fingerprint density at radius 2 is 1.77 bits per heavy atom. The standard InChI is InChI=1S/C9H7Cl3P/c10-13(11,12)9-5-7-3-1-2-4-8(7)6-9/h1-5H,6H2/q+1. The van der Waals surface area contributed by atoms with Gasteiger partial charge in [0.05, 0.1) is 0 Å². The van der Waals surface area contributed by atoms with Gasteiger partial charge in [0.2, 0.25) is 0 Å². The molecule has 0 saturated carbocycles. The van der Waals surface area contributed by atoms with Crippen LogP contribution in [0.25, 0.3) is 6.08 Å². The lowest BCUT2D eigenvalue weighted by Gasteiger charge is -1.98. The second-order valence-electron chi connectivity index (χ2n) is 2.96. The zero-order valence-electron chi connectivity index (χ0n) is 6.67. The van der Waals surface area contributed by atoms with Crippen molar-refractivity contribution in [3.8, 4) is 0 Å². The van der Waals surface area contributed by atoms with E-state index in [2.05, 4.69) is 6.07 Å². The molecule has 2 rings (SSSR count). The Balaban J connectivity index is 2.37. The van der Waals surface area contributed by atoms with Crippen LogP contribution in [0, 0.1) is 0 Å². The first-order valence-corrected chi connectivity index (χ1v) is 8.35. The molecule has 0 radical (unpaired) electrons. The van der Waals surface area contributed by atoms with Gasteiger partial charge < -0.3 is 0 Å². The van der Waals surface area contributed by atoms with Crippen LogP contribution >= 0.6 is 39.0 Å². The Morgan fingerprint density at radius 1 is 1.08 bits per heavy atom. The van der Waals surface area contributed by atoms with Crippen LogP contribution in [-0.2, 0) is 6.42 Å². The van der Waals surface area contributed by atoms with Gasteiger partial charge >= 0.3 is 5.32 Å². The highest BCUT2D eigenvalue weighted by Gasteiger charge is 2.41. The van der Waals surface area contributed by atoms with E-state index in [1.807, 2.05) is 24.3 Å². The largest absolute Gasteiger partial charge is 0.335 e. The zero-order valence-corrected chi connectivity index (χ0v) is 9.84. The third-order valence-electron chi connectivity index (χ3n) is 2.07. The number of hydrogen-bond donors (Lipinski definition) is 0. The number of benzene rings is 1. The first-order chi connectivity index (χ1) is 6.07. The lowest BCUT2D eigenvalue weighted by Crippen LogP contribution is -1.81. The first-order valence-electron chi connectivity index (χ1n) is 3.84. The quantitative estimate of drug-likeness (QED) is 0.613. The summed E-state index contributed by atoms with van der Waals surface area (Å²) in [5, 5.41) is -1.41. The molecule has 0 unspecified atom stereocenters. The summed E-state index contributed by atoms with van der Waals surface area (Å²) in [4.78, 5) is 0. The van der Waals surface area contributed by atoms with E-state index >= 15 is 0 Å². The summed E-state index contributed by atoms with van der Waals surface area (Å²) in [5.41, 5.74) is 2.44. The van der Waals surface area contributed by atoms with Crippen LogP contribution in [0.4, 0.5) is 0 Å². The van der Waals surface area contributed by atoms with Crippen molar-refractivity contribution in [2.24, 2.45) is 0 Å². The minimum atomic E-state index is -2.37. The molecule has 1 aromatic rings. The molecular formula is C9H7Cl3P+. The molecule has 0 bridgehead atoms. The molecule has 0 spiro atoms. The number of halogens is 3. The number of fused-ring (bicyclic) bond motifs is 1. The molecule has 0 nitrogen and oxygen atoms in total. The molecule has 13 heavy (non-hydrogen) atoms. The van der Waals surface area contributed by atoms with Crippen LogP contribution in [0.2, 0.25) is 0 Å². The molecule has 1 aliphatic rings. The summed E-state index contributed by atoms with van der Waals surface area (Å²) in [7, 11) is 0. The predicted octanol–water partition coefficient (Wildman–Crippen LogP) is 5.06. The maximum atomic E-state index is 5.90. The second kappa shape index (κ2) is 3.44. The zero-order chi connectivity index (χ0) is 9.47. The Hall–Kier alpha value is 0.260. The minimum Gasteiger partial charge on any atom is -0.0619 e. The first kappa shape index (κ1) is 9.80. The summed E-state index contributed by atoms with van der Waals surface area (Å²) >= 11 is 17.7. The third-order valence-corrected chi connectivity index (χ3v) is 4.97. The fourth-order valence-electron chi connectivity index (χ4n) is 1.42. The predicted molar refractivity (Wildman–Crippen MR) is 62.6 cm³/mol. The number of rotatable bonds is 1. The van der Waals surface area contributed by atoms with Gasteiger partial charge in [-0.15, -0.1) is 0 Å². The topological polar surface area (TPSA) is 0 Å². The van der Waals surface area contributed by atoms with Crippen LogP contribution in [0.1, 0.15) is 11.1 Å². The summed E-state index contributed by atoms with van der Waals surface area (Å²) in [6, 6.07) is 8.11. The van der Waals surface area contributed by atoms with Gasteiger partial charge in [-0.25, -0.2) is 0 Å². The van der Waals surface area contributed by atoms with Gasteiger partial charge in [-0.2, -0.15) is 0 Å². The highest BCUT2D eigenvalue weighted by Crippen LogP contribution is 2.80. The van der Waals surface area contributed by atoms with E-state index in [1.54, 1.807) is 0 Å². The van der Waals surface area contributed by atoms with Gasteiger partial charge in [0.25, 0.3) is 0 Å². The lowest BCUT2D eigenvalue weighted by atomic mass is 10.1. The molecule has 4 heteroatoms. The second-order valence-corrected chi connectivity index (χ2v) is 10.5. The monoisotopic (exact) mass is 251 g/mol. The van der Waals surface area contributed by atoms with Crippen LogP contribution in [-0.4, -0.2) is 0 Å². The van der Waals surface area contributed by atoms with E-state index in [-0.39, 0.29) is 0 Å². The molecule has 0 atom stereocenters. The highest BCUT2D eigenvalue weighted by molar-refractivity contribution is 8.35. The van der Waals surface area contributed by atoms with Crippen molar-refractivity contribution >= 4 is 45.1 Å². The van der Waals surface area contributed by atoms with E-state index in [0.29, 0.717) is 0 Å². The molecule has 68 valence electrons. The van der Waals surface area contributed by atoms with Gasteiger partial charge in [-0.05, 0) is 17.2 Å². The van der Waals surface area contributed by atoms with Crippen LogP contribution in [0.5, 0.6) is 0 Å². The average Bonchev–Trinajstić information content (AvgIpc) is 2.45. The molecule has 1 aromatic carbocycles. The van der Waals surface area contributed by atoms with Gasteiger partial charge in [0.15, 0.2) is 0 Å². The van der Waals surface area contributed by atoms with Gasteiger partial charge in [-0.1, -0.05) is 24.3 Å². The molecule has 0 amide bonds. The summed E-state index contributed by atoms with van der Waals surface area (Å²) in [5.74, 6) is 0. The van der Waals surface area contributed by atoms with Crippen molar-refractivity contribution in [1.82, 2.24) is 0 Å².